The van der Waals surface area contributed by atoms with Crippen LogP contribution in [0.5, 0.6) is 0 Å². The van der Waals surface area contributed by atoms with Crippen LogP contribution in [0.4, 0.5) is 5.82 Å². The number of nitrogens with one attached hydrogen (secondary N) is 1. The topological polar surface area (TPSA) is 76.6 Å². The van der Waals surface area contributed by atoms with Crippen LogP contribution < -0.4 is 15.5 Å². The summed E-state index contributed by atoms with van der Waals surface area (Å²) in [7, 11) is 0. The highest BCUT2D eigenvalue weighted by molar-refractivity contribution is 7.19. The molecule has 2 aromatic rings. The summed E-state index contributed by atoms with van der Waals surface area (Å²) in [5.41, 5.74) is 7.03. The highest BCUT2D eigenvalue weighted by Gasteiger charge is 2.29. The maximum atomic E-state index is 11.6. The number of hydrogen-bond acceptors (Lipinski definition) is 5. The molecule has 3 aliphatic rings. The monoisotopic (exact) mass is 400 g/mol. The fourth-order valence-electron chi connectivity index (χ4n) is 5.16. The van der Waals surface area contributed by atoms with Gasteiger partial charge in [0.05, 0.1) is 18.5 Å². The van der Waals surface area contributed by atoms with Crippen molar-refractivity contribution in [1.82, 2.24) is 9.97 Å². The molecule has 7 heteroatoms. The number of aryl methyl sites for hydroxylation is 2. The number of aromatic nitrogens is 2. The van der Waals surface area contributed by atoms with Crippen molar-refractivity contribution in [3.05, 3.63) is 16.3 Å². The zero-order valence-electron chi connectivity index (χ0n) is 16.5. The molecule has 0 bridgehead atoms. The second kappa shape index (κ2) is 7.59. The molecule has 5 rings (SSSR count). The van der Waals surface area contributed by atoms with Gasteiger partial charge >= 0.3 is 0 Å². The fraction of sp³-hybridized carbons (Fsp3) is 0.667. The van der Waals surface area contributed by atoms with E-state index in [0.29, 0.717) is 0 Å². The Bertz CT molecular complexity index is 881. The normalized spacial score (nSPS) is 21.4. The van der Waals surface area contributed by atoms with Crippen LogP contribution in [0.2, 0.25) is 0 Å². The number of primary amides is 1. The molecule has 0 aromatic carbocycles. The number of amides is 1. The van der Waals surface area contributed by atoms with Crippen LogP contribution in [0.3, 0.4) is 0 Å². The van der Waals surface area contributed by atoms with Gasteiger partial charge in [-0.2, -0.15) is 0 Å². The van der Waals surface area contributed by atoms with Gasteiger partial charge in [0.15, 0.2) is 5.82 Å². The number of rotatable bonds is 4. The molecule has 1 amide bonds. The zero-order chi connectivity index (χ0) is 19.1. The van der Waals surface area contributed by atoms with E-state index in [1.807, 2.05) is 11.3 Å². The van der Waals surface area contributed by atoms with Crippen LogP contribution in [0, 0.1) is 5.92 Å². The number of nitrogens with two attached hydrogens (primary N) is 1. The second-order valence-electron chi connectivity index (χ2n) is 8.65. The van der Waals surface area contributed by atoms with E-state index in [1.54, 1.807) is 4.90 Å². The Morgan fingerprint density at radius 1 is 1.11 bits per heavy atom. The highest BCUT2D eigenvalue weighted by atomic mass is 32.1. The summed E-state index contributed by atoms with van der Waals surface area (Å²) >= 11 is 1.89. The van der Waals surface area contributed by atoms with Crippen LogP contribution in [-0.4, -0.2) is 42.1 Å². The van der Waals surface area contributed by atoms with Gasteiger partial charge in [0.2, 0.25) is 5.91 Å². The Morgan fingerprint density at radius 3 is 2.64 bits per heavy atom. The fourth-order valence-corrected chi connectivity index (χ4v) is 6.43. The number of fused-ring (bicyclic) bond motifs is 3. The summed E-state index contributed by atoms with van der Waals surface area (Å²) in [6, 6.07) is 0. The molecule has 3 N–H and O–H groups in total. The molecule has 2 aliphatic heterocycles. The summed E-state index contributed by atoms with van der Waals surface area (Å²) in [4.78, 5) is 28.4. The van der Waals surface area contributed by atoms with E-state index in [9.17, 15) is 4.79 Å². The van der Waals surface area contributed by atoms with E-state index in [1.165, 1.54) is 65.9 Å². The number of likely N-dealkylation sites (tertiary alicyclic amines) is 1. The summed E-state index contributed by atoms with van der Waals surface area (Å²) in [6.07, 6.45) is 9.25. The van der Waals surface area contributed by atoms with Gasteiger partial charge in [-0.1, -0.05) is 0 Å². The lowest BCUT2D eigenvalue weighted by Gasteiger charge is -2.32. The molecule has 0 atom stereocenters. The first-order valence-electron chi connectivity index (χ1n) is 10.9. The molecule has 6 nitrogen and oxygen atoms in total. The highest BCUT2D eigenvalue weighted by Crippen LogP contribution is 2.41. The lowest BCUT2D eigenvalue weighted by atomic mass is 9.96. The summed E-state index contributed by atoms with van der Waals surface area (Å²) in [6.45, 7) is 5.13. The molecule has 0 spiro atoms. The quantitative estimate of drug-likeness (QED) is 0.815. The summed E-state index contributed by atoms with van der Waals surface area (Å²) in [5.74, 6) is 1.98. The van der Waals surface area contributed by atoms with Crippen molar-refractivity contribution in [3.8, 4) is 0 Å². The number of quaternary nitrogens is 1. The minimum atomic E-state index is -0.154. The van der Waals surface area contributed by atoms with Crippen molar-refractivity contribution in [2.24, 2.45) is 11.7 Å². The molecule has 0 radical (unpaired) electrons. The standard InChI is InChI=1S/C21H29N5OS/c22-19(27)14-7-11-26(12-8-14)20-18-15-5-4-6-16(15)28-21(18)24-17(23-20)13-25-9-2-1-3-10-25/h14H,1-13H2,(H2,22,27)/p+1. The molecule has 0 unspecified atom stereocenters. The Labute approximate surface area is 170 Å². The molecule has 1 aliphatic carbocycles. The Hall–Kier alpha value is -1.73. The van der Waals surface area contributed by atoms with E-state index in [2.05, 4.69) is 4.90 Å². The largest absolute Gasteiger partial charge is 0.369 e. The summed E-state index contributed by atoms with van der Waals surface area (Å²) < 4.78 is 0. The van der Waals surface area contributed by atoms with E-state index >= 15 is 0 Å². The van der Waals surface area contributed by atoms with Crippen LogP contribution in [0.15, 0.2) is 0 Å². The summed E-state index contributed by atoms with van der Waals surface area (Å²) in [5, 5.41) is 1.30. The van der Waals surface area contributed by atoms with E-state index in [0.717, 1.165) is 50.5 Å². The minimum absolute atomic E-state index is 0.0130. The van der Waals surface area contributed by atoms with Crippen molar-refractivity contribution in [2.45, 2.75) is 57.9 Å². The number of carbonyl (C=O) groups is 1. The molecule has 150 valence electrons. The van der Waals surface area contributed by atoms with Crippen LogP contribution in [0.1, 0.15) is 54.8 Å². The zero-order valence-corrected chi connectivity index (χ0v) is 17.3. The van der Waals surface area contributed by atoms with Crippen LogP contribution in [0.25, 0.3) is 10.2 Å². The number of piperidine rings is 2. The van der Waals surface area contributed by atoms with Gasteiger partial charge in [0, 0.05) is 23.9 Å². The third-order valence-corrected chi connectivity index (χ3v) is 7.94. The number of hydrogen-bond donors (Lipinski definition) is 2. The Kier molecular flexibility index (Phi) is 4.97. The van der Waals surface area contributed by atoms with Gasteiger partial charge in [-0.05, 0) is 56.9 Å². The van der Waals surface area contributed by atoms with Gasteiger partial charge in [0.1, 0.15) is 17.2 Å². The SMILES string of the molecule is NC(=O)C1CCN(c2nc(C[NH+]3CCCCC3)nc3sc4c(c23)CCC4)CC1. The molecule has 4 heterocycles. The molecule has 28 heavy (non-hydrogen) atoms. The molecule has 2 fully saturated rings. The van der Waals surface area contributed by atoms with Crippen LogP contribution >= 0.6 is 11.3 Å². The maximum absolute atomic E-state index is 11.6. The van der Waals surface area contributed by atoms with Gasteiger partial charge < -0.3 is 15.5 Å². The average Bonchev–Trinajstić information content (AvgIpc) is 3.29. The van der Waals surface area contributed by atoms with Crippen LogP contribution in [-0.2, 0) is 24.2 Å². The second-order valence-corrected chi connectivity index (χ2v) is 9.74. The minimum Gasteiger partial charge on any atom is -0.369 e. The van der Waals surface area contributed by atoms with Crippen molar-refractivity contribution in [1.29, 1.82) is 0 Å². The van der Waals surface area contributed by atoms with Crippen molar-refractivity contribution in [3.63, 3.8) is 0 Å². The first kappa shape index (κ1) is 18.3. The predicted molar refractivity (Wildman–Crippen MR) is 112 cm³/mol. The first-order valence-corrected chi connectivity index (χ1v) is 11.7. The lowest BCUT2D eigenvalue weighted by Crippen LogP contribution is -3.11. The van der Waals surface area contributed by atoms with Gasteiger partial charge in [-0.25, -0.2) is 9.97 Å². The first-order chi connectivity index (χ1) is 13.7. The molecular weight excluding hydrogens is 370 g/mol. The number of carbonyl (C=O) groups excluding carboxylic acids is 1. The van der Waals surface area contributed by atoms with Crippen molar-refractivity contribution >= 4 is 33.3 Å². The predicted octanol–water partition coefficient (Wildman–Crippen LogP) is 1.45. The molecular formula is C21H30N5OS+. The number of thiophene rings is 1. The molecule has 2 aromatic heterocycles. The van der Waals surface area contributed by atoms with Gasteiger partial charge in [0.25, 0.3) is 0 Å². The maximum Gasteiger partial charge on any atom is 0.220 e. The van der Waals surface area contributed by atoms with E-state index in [-0.39, 0.29) is 11.8 Å². The lowest BCUT2D eigenvalue weighted by molar-refractivity contribution is -0.919. The third kappa shape index (κ3) is 3.39. The smallest absolute Gasteiger partial charge is 0.220 e. The Morgan fingerprint density at radius 2 is 1.89 bits per heavy atom. The van der Waals surface area contributed by atoms with Gasteiger partial charge in [-0.3, -0.25) is 4.79 Å². The van der Waals surface area contributed by atoms with E-state index in [4.69, 9.17) is 15.7 Å². The third-order valence-electron chi connectivity index (χ3n) is 6.76. The van der Waals surface area contributed by atoms with E-state index < -0.39 is 0 Å². The molecule has 2 saturated heterocycles. The molecule has 0 saturated carbocycles. The Balaban J connectivity index is 1.49. The number of nitrogens with zero attached hydrogens (tertiary/aromatic N) is 3. The average molecular weight is 401 g/mol. The van der Waals surface area contributed by atoms with Crippen molar-refractivity contribution < 1.29 is 9.69 Å². The van der Waals surface area contributed by atoms with Gasteiger partial charge in [-0.15, -0.1) is 11.3 Å². The number of anilines is 1. The van der Waals surface area contributed by atoms with Crippen molar-refractivity contribution in [2.75, 3.05) is 31.1 Å².